The van der Waals surface area contributed by atoms with Crippen LogP contribution >= 0.6 is 0 Å². The maximum Gasteiger partial charge on any atom is 0.111 e. The van der Waals surface area contributed by atoms with E-state index in [1.165, 1.54) is 18.4 Å². The number of hydrogen-bond acceptors (Lipinski definition) is 2. The molecule has 98 valence electrons. The fourth-order valence-corrected chi connectivity index (χ4v) is 2.44. The summed E-state index contributed by atoms with van der Waals surface area (Å²) in [5.41, 5.74) is 8.48. The van der Waals surface area contributed by atoms with Crippen LogP contribution in [0.3, 0.4) is 0 Å². The van der Waals surface area contributed by atoms with Crippen LogP contribution in [0.15, 0.2) is 24.3 Å². The third-order valence-electron chi connectivity index (χ3n) is 3.42. The van der Waals surface area contributed by atoms with E-state index in [0.717, 1.165) is 30.7 Å². The summed E-state index contributed by atoms with van der Waals surface area (Å²) in [6.45, 7) is 5.32. The number of rotatable bonds is 6. The topological polar surface area (TPSA) is 43.8 Å². The third-order valence-corrected chi connectivity index (χ3v) is 3.42. The molecule has 0 bridgehead atoms. The molecule has 0 spiro atoms. The Bertz CT molecular complexity index is 501. The number of imidazole rings is 1. The van der Waals surface area contributed by atoms with E-state index < -0.39 is 0 Å². The predicted octanol–water partition coefficient (Wildman–Crippen LogP) is 3.12. The summed E-state index contributed by atoms with van der Waals surface area (Å²) in [6, 6.07) is 8.54. The summed E-state index contributed by atoms with van der Waals surface area (Å²) >= 11 is 0. The van der Waals surface area contributed by atoms with Crippen molar-refractivity contribution in [2.24, 2.45) is 5.73 Å². The Morgan fingerprint density at radius 3 is 2.78 bits per heavy atom. The number of para-hydroxylation sites is 2. The molecule has 0 amide bonds. The molecule has 0 radical (unpaired) electrons. The van der Waals surface area contributed by atoms with Gasteiger partial charge in [0, 0.05) is 19.0 Å². The molecule has 2 aromatic rings. The number of fused-ring (bicyclic) bond motifs is 1. The highest BCUT2D eigenvalue weighted by atomic mass is 15.1. The monoisotopic (exact) mass is 245 g/mol. The van der Waals surface area contributed by atoms with Gasteiger partial charge in [-0.05, 0) is 25.5 Å². The lowest BCUT2D eigenvalue weighted by atomic mass is 10.1. The highest BCUT2D eigenvalue weighted by Crippen LogP contribution is 2.17. The molecule has 1 aromatic heterocycles. The van der Waals surface area contributed by atoms with E-state index in [9.17, 15) is 0 Å². The van der Waals surface area contributed by atoms with Crippen LogP contribution in [0.1, 0.15) is 38.9 Å². The molecular formula is C15H23N3. The second-order valence-corrected chi connectivity index (χ2v) is 4.87. The molecule has 1 unspecified atom stereocenters. The standard InChI is InChI=1S/C15H23N3/c1-3-5-8-12(16)11-15-17-13-9-6-7-10-14(13)18(15)4-2/h6-7,9-10,12H,3-5,8,11,16H2,1-2H3. The molecule has 0 saturated carbocycles. The Hall–Kier alpha value is -1.35. The van der Waals surface area contributed by atoms with Gasteiger partial charge in [0.05, 0.1) is 11.0 Å². The average Bonchev–Trinajstić information content (AvgIpc) is 2.73. The fraction of sp³-hybridized carbons (Fsp3) is 0.533. The lowest BCUT2D eigenvalue weighted by Crippen LogP contribution is -2.24. The zero-order valence-corrected chi connectivity index (χ0v) is 11.4. The van der Waals surface area contributed by atoms with E-state index in [4.69, 9.17) is 10.7 Å². The van der Waals surface area contributed by atoms with Crippen molar-refractivity contribution in [1.82, 2.24) is 9.55 Å². The number of nitrogens with two attached hydrogens (primary N) is 1. The van der Waals surface area contributed by atoms with Crippen LogP contribution in [0, 0.1) is 0 Å². The van der Waals surface area contributed by atoms with Gasteiger partial charge in [-0.1, -0.05) is 31.9 Å². The maximum atomic E-state index is 6.18. The van der Waals surface area contributed by atoms with E-state index in [2.05, 4.69) is 36.6 Å². The van der Waals surface area contributed by atoms with Gasteiger partial charge in [0.2, 0.25) is 0 Å². The van der Waals surface area contributed by atoms with Crippen LogP contribution in [0.2, 0.25) is 0 Å². The number of hydrogen-bond donors (Lipinski definition) is 1. The summed E-state index contributed by atoms with van der Waals surface area (Å²) in [6.07, 6.45) is 4.37. The van der Waals surface area contributed by atoms with E-state index in [-0.39, 0.29) is 6.04 Å². The molecule has 2 rings (SSSR count). The first-order valence-electron chi connectivity index (χ1n) is 6.96. The number of benzene rings is 1. The molecular weight excluding hydrogens is 222 g/mol. The highest BCUT2D eigenvalue weighted by molar-refractivity contribution is 5.75. The Morgan fingerprint density at radius 2 is 2.06 bits per heavy atom. The molecule has 3 heteroatoms. The van der Waals surface area contributed by atoms with Gasteiger partial charge < -0.3 is 10.3 Å². The van der Waals surface area contributed by atoms with Crippen molar-refractivity contribution in [2.75, 3.05) is 0 Å². The van der Waals surface area contributed by atoms with Crippen LogP contribution in [-0.2, 0) is 13.0 Å². The molecule has 1 aromatic carbocycles. The lowest BCUT2D eigenvalue weighted by Gasteiger charge is -2.12. The summed E-state index contributed by atoms with van der Waals surface area (Å²) < 4.78 is 2.28. The zero-order chi connectivity index (χ0) is 13.0. The van der Waals surface area contributed by atoms with Crippen LogP contribution in [0.25, 0.3) is 11.0 Å². The first kappa shape index (κ1) is 13.1. The van der Waals surface area contributed by atoms with Crippen molar-refractivity contribution in [2.45, 2.75) is 52.1 Å². The van der Waals surface area contributed by atoms with E-state index in [0.29, 0.717) is 0 Å². The molecule has 0 aliphatic heterocycles. The van der Waals surface area contributed by atoms with Crippen molar-refractivity contribution in [3.05, 3.63) is 30.1 Å². The van der Waals surface area contributed by atoms with Gasteiger partial charge in [0.25, 0.3) is 0 Å². The Labute approximate surface area is 109 Å². The first-order valence-corrected chi connectivity index (χ1v) is 6.96. The number of aryl methyl sites for hydroxylation is 1. The maximum absolute atomic E-state index is 6.18. The van der Waals surface area contributed by atoms with Gasteiger partial charge in [-0.15, -0.1) is 0 Å². The Balaban J connectivity index is 2.21. The Kier molecular flexibility index (Phi) is 4.37. The molecule has 2 N–H and O–H groups in total. The van der Waals surface area contributed by atoms with Gasteiger partial charge in [-0.2, -0.15) is 0 Å². The molecule has 1 atom stereocenters. The van der Waals surface area contributed by atoms with Crippen LogP contribution in [-0.4, -0.2) is 15.6 Å². The average molecular weight is 245 g/mol. The van der Waals surface area contributed by atoms with Crippen molar-refractivity contribution >= 4 is 11.0 Å². The van der Waals surface area contributed by atoms with Gasteiger partial charge in [-0.25, -0.2) is 4.98 Å². The largest absolute Gasteiger partial charge is 0.328 e. The molecule has 1 heterocycles. The highest BCUT2D eigenvalue weighted by Gasteiger charge is 2.12. The minimum Gasteiger partial charge on any atom is -0.328 e. The SMILES string of the molecule is CCCCC(N)Cc1nc2ccccc2n1CC. The van der Waals surface area contributed by atoms with E-state index in [1.807, 2.05) is 6.07 Å². The zero-order valence-electron chi connectivity index (χ0n) is 11.4. The van der Waals surface area contributed by atoms with Crippen molar-refractivity contribution in [1.29, 1.82) is 0 Å². The van der Waals surface area contributed by atoms with Crippen molar-refractivity contribution in [3.8, 4) is 0 Å². The van der Waals surface area contributed by atoms with E-state index in [1.54, 1.807) is 0 Å². The summed E-state index contributed by atoms with van der Waals surface area (Å²) in [5, 5.41) is 0. The molecule has 0 aliphatic carbocycles. The fourth-order valence-electron chi connectivity index (χ4n) is 2.44. The van der Waals surface area contributed by atoms with Crippen LogP contribution in [0.4, 0.5) is 0 Å². The van der Waals surface area contributed by atoms with Gasteiger partial charge in [-0.3, -0.25) is 0 Å². The van der Waals surface area contributed by atoms with Gasteiger partial charge in [0.15, 0.2) is 0 Å². The van der Waals surface area contributed by atoms with Gasteiger partial charge in [0.1, 0.15) is 5.82 Å². The normalized spacial score (nSPS) is 13.1. The lowest BCUT2D eigenvalue weighted by molar-refractivity contribution is 0.548. The van der Waals surface area contributed by atoms with Crippen LogP contribution < -0.4 is 5.73 Å². The Morgan fingerprint density at radius 1 is 1.28 bits per heavy atom. The second kappa shape index (κ2) is 6.01. The molecule has 18 heavy (non-hydrogen) atoms. The number of unbranched alkanes of at least 4 members (excludes halogenated alkanes) is 1. The quantitative estimate of drug-likeness (QED) is 0.849. The van der Waals surface area contributed by atoms with Gasteiger partial charge >= 0.3 is 0 Å². The third kappa shape index (κ3) is 2.72. The molecule has 0 fully saturated rings. The minimum absolute atomic E-state index is 0.229. The van der Waals surface area contributed by atoms with Crippen LogP contribution in [0.5, 0.6) is 0 Å². The van der Waals surface area contributed by atoms with Crippen molar-refractivity contribution in [3.63, 3.8) is 0 Å². The molecule has 0 aliphatic rings. The van der Waals surface area contributed by atoms with Crippen molar-refractivity contribution < 1.29 is 0 Å². The minimum atomic E-state index is 0.229. The predicted molar refractivity (Wildman–Crippen MR) is 76.6 cm³/mol. The summed E-state index contributed by atoms with van der Waals surface area (Å²) in [7, 11) is 0. The number of nitrogens with zero attached hydrogens (tertiary/aromatic N) is 2. The summed E-state index contributed by atoms with van der Waals surface area (Å²) in [5.74, 6) is 1.13. The first-order chi connectivity index (χ1) is 8.76. The number of aromatic nitrogens is 2. The smallest absolute Gasteiger partial charge is 0.111 e. The second-order valence-electron chi connectivity index (χ2n) is 4.87. The van der Waals surface area contributed by atoms with E-state index >= 15 is 0 Å². The molecule has 0 saturated heterocycles. The molecule has 3 nitrogen and oxygen atoms in total. The summed E-state index contributed by atoms with van der Waals surface area (Å²) in [4.78, 5) is 4.71.